The molecule has 1 saturated heterocycles. The topological polar surface area (TPSA) is 81.1 Å². The quantitative estimate of drug-likeness (QED) is 0.861. The fraction of sp³-hybridized carbons (Fsp3) is 0.222. The summed E-state index contributed by atoms with van der Waals surface area (Å²) in [5.41, 5.74) is 0.391. The van der Waals surface area contributed by atoms with Crippen LogP contribution in [0.15, 0.2) is 42.5 Å². The van der Waals surface area contributed by atoms with Crippen molar-refractivity contribution in [3.63, 3.8) is 0 Å². The van der Waals surface area contributed by atoms with Crippen molar-refractivity contribution >= 4 is 23.4 Å². The number of benzene rings is 2. The molecule has 0 aliphatic carbocycles. The molecular formula is C18H17ClN2O4. The third-order valence-corrected chi connectivity index (χ3v) is 4.41. The molecule has 7 heteroatoms. The van der Waals surface area contributed by atoms with E-state index in [1.54, 1.807) is 28.0 Å². The number of halogens is 1. The maximum atomic E-state index is 12.5. The number of phenolic OH excluding ortho intramolecular Hbond substituents is 2. The first-order valence-corrected chi connectivity index (χ1v) is 8.20. The molecule has 0 unspecified atom stereocenters. The highest BCUT2D eigenvalue weighted by Gasteiger charge is 2.27. The molecule has 0 bridgehead atoms. The Bertz CT molecular complexity index is 816. The number of amides is 2. The average Bonchev–Trinajstić information content (AvgIpc) is 2.63. The van der Waals surface area contributed by atoms with Crippen LogP contribution in [0, 0.1) is 0 Å². The second-order valence-corrected chi connectivity index (χ2v) is 6.20. The number of rotatable bonds is 2. The van der Waals surface area contributed by atoms with Crippen LogP contribution in [0.3, 0.4) is 0 Å². The lowest BCUT2D eigenvalue weighted by Crippen LogP contribution is -2.50. The zero-order valence-electron chi connectivity index (χ0n) is 13.4. The van der Waals surface area contributed by atoms with Crippen molar-refractivity contribution in [2.24, 2.45) is 0 Å². The molecule has 0 aromatic heterocycles. The highest BCUT2D eigenvalue weighted by Crippen LogP contribution is 2.24. The minimum Gasteiger partial charge on any atom is -0.507 e. The van der Waals surface area contributed by atoms with E-state index in [2.05, 4.69) is 0 Å². The Balaban J connectivity index is 1.68. The van der Waals surface area contributed by atoms with Gasteiger partial charge in [0, 0.05) is 31.2 Å². The minimum atomic E-state index is -0.324. The molecule has 6 nitrogen and oxygen atoms in total. The van der Waals surface area contributed by atoms with E-state index in [9.17, 15) is 19.8 Å². The van der Waals surface area contributed by atoms with Crippen LogP contribution in [-0.4, -0.2) is 58.0 Å². The molecule has 1 aliphatic rings. The molecule has 0 atom stereocenters. The number of para-hydroxylation sites is 1. The van der Waals surface area contributed by atoms with Gasteiger partial charge in [-0.2, -0.15) is 0 Å². The van der Waals surface area contributed by atoms with Crippen LogP contribution in [-0.2, 0) is 0 Å². The van der Waals surface area contributed by atoms with Gasteiger partial charge in [-0.05, 0) is 30.3 Å². The Labute approximate surface area is 149 Å². The second kappa shape index (κ2) is 7.03. The van der Waals surface area contributed by atoms with E-state index in [-0.39, 0.29) is 34.4 Å². The molecule has 1 fully saturated rings. The predicted octanol–water partition coefficient (Wildman–Crippen LogP) is 2.35. The molecule has 25 heavy (non-hydrogen) atoms. The largest absolute Gasteiger partial charge is 0.507 e. The van der Waals surface area contributed by atoms with Gasteiger partial charge in [-0.25, -0.2) is 0 Å². The van der Waals surface area contributed by atoms with Gasteiger partial charge in [0.05, 0.1) is 11.1 Å². The lowest BCUT2D eigenvalue weighted by Gasteiger charge is -2.35. The summed E-state index contributed by atoms with van der Waals surface area (Å²) in [6, 6.07) is 10.7. The van der Waals surface area contributed by atoms with Gasteiger partial charge < -0.3 is 20.0 Å². The van der Waals surface area contributed by atoms with Gasteiger partial charge in [-0.1, -0.05) is 23.7 Å². The van der Waals surface area contributed by atoms with E-state index in [1.807, 2.05) is 0 Å². The number of aromatic hydroxyl groups is 2. The highest BCUT2D eigenvalue weighted by atomic mass is 35.5. The highest BCUT2D eigenvalue weighted by molar-refractivity contribution is 6.31. The number of hydrogen-bond donors (Lipinski definition) is 2. The van der Waals surface area contributed by atoms with Crippen LogP contribution in [0.5, 0.6) is 11.5 Å². The fourth-order valence-corrected chi connectivity index (χ4v) is 2.96. The summed E-state index contributed by atoms with van der Waals surface area (Å²) >= 11 is 5.89. The van der Waals surface area contributed by atoms with Crippen molar-refractivity contribution in [3.05, 3.63) is 58.6 Å². The molecule has 1 aliphatic heterocycles. The molecular weight excluding hydrogens is 344 g/mol. The van der Waals surface area contributed by atoms with Crippen LogP contribution in [0.1, 0.15) is 20.7 Å². The van der Waals surface area contributed by atoms with Gasteiger partial charge in [-0.15, -0.1) is 0 Å². The number of carbonyl (C=O) groups is 2. The summed E-state index contributed by atoms with van der Waals surface area (Å²) in [5, 5.41) is 20.0. The van der Waals surface area contributed by atoms with Gasteiger partial charge in [-0.3, -0.25) is 9.59 Å². The SMILES string of the molecule is O=C(c1ccccc1O)N1CCN(C(=O)c2cc(Cl)ccc2O)CC1. The average molecular weight is 361 g/mol. The number of phenols is 2. The minimum absolute atomic E-state index is 0.0603. The Kier molecular flexibility index (Phi) is 4.81. The van der Waals surface area contributed by atoms with Gasteiger partial charge in [0.15, 0.2) is 0 Å². The number of piperazine rings is 1. The monoisotopic (exact) mass is 360 g/mol. The fourth-order valence-electron chi connectivity index (χ4n) is 2.79. The molecule has 0 radical (unpaired) electrons. The molecule has 2 aromatic rings. The van der Waals surface area contributed by atoms with Crippen molar-refractivity contribution in [1.82, 2.24) is 9.80 Å². The molecule has 2 amide bonds. The lowest BCUT2D eigenvalue weighted by atomic mass is 10.1. The van der Waals surface area contributed by atoms with Crippen molar-refractivity contribution < 1.29 is 19.8 Å². The van der Waals surface area contributed by atoms with E-state index >= 15 is 0 Å². The van der Waals surface area contributed by atoms with Crippen LogP contribution >= 0.6 is 11.6 Å². The summed E-state index contributed by atoms with van der Waals surface area (Å²) in [5.74, 6) is -0.776. The van der Waals surface area contributed by atoms with E-state index in [0.29, 0.717) is 31.2 Å². The second-order valence-electron chi connectivity index (χ2n) is 5.76. The van der Waals surface area contributed by atoms with E-state index in [0.717, 1.165) is 0 Å². The molecule has 1 heterocycles. The van der Waals surface area contributed by atoms with Crippen LogP contribution < -0.4 is 0 Å². The first-order chi connectivity index (χ1) is 12.0. The van der Waals surface area contributed by atoms with Crippen molar-refractivity contribution in [2.75, 3.05) is 26.2 Å². The molecule has 130 valence electrons. The molecule has 2 aromatic carbocycles. The standard InChI is InChI=1S/C18H17ClN2O4/c19-12-5-6-16(23)14(11-12)18(25)21-9-7-20(8-10-21)17(24)13-3-1-2-4-15(13)22/h1-6,11,22-23H,7-10H2. The van der Waals surface area contributed by atoms with Gasteiger partial charge in [0.1, 0.15) is 11.5 Å². The van der Waals surface area contributed by atoms with Crippen LogP contribution in [0.4, 0.5) is 0 Å². The van der Waals surface area contributed by atoms with Gasteiger partial charge >= 0.3 is 0 Å². The van der Waals surface area contributed by atoms with Crippen LogP contribution in [0.25, 0.3) is 0 Å². The zero-order valence-corrected chi connectivity index (χ0v) is 14.1. The third kappa shape index (κ3) is 3.53. The number of carbonyl (C=O) groups excluding carboxylic acids is 2. The van der Waals surface area contributed by atoms with Crippen molar-refractivity contribution in [1.29, 1.82) is 0 Å². The molecule has 0 saturated carbocycles. The molecule has 2 N–H and O–H groups in total. The molecule has 0 spiro atoms. The Morgan fingerprint density at radius 3 is 1.92 bits per heavy atom. The van der Waals surface area contributed by atoms with Crippen molar-refractivity contribution in [3.8, 4) is 11.5 Å². The first kappa shape index (κ1) is 17.1. The van der Waals surface area contributed by atoms with Gasteiger partial charge in [0.25, 0.3) is 11.8 Å². The van der Waals surface area contributed by atoms with Gasteiger partial charge in [0.2, 0.25) is 0 Å². The van der Waals surface area contributed by atoms with E-state index in [1.165, 1.54) is 24.3 Å². The smallest absolute Gasteiger partial charge is 0.257 e. The third-order valence-electron chi connectivity index (χ3n) is 4.18. The Morgan fingerprint density at radius 1 is 0.800 bits per heavy atom. The lowest BCUT2D eigenvalue weighted by molar-refractivity contribution is 0.0532. The van der Waals surface area contributed by atoms with E-state index < -0.39 is 0 Å². The summed E-state index contributed by atoms with van der Waals surface area (Å²) in [6.45, 7) is 1.37. The molecule has 3 rings (SSSR count). The summed E-state index contributed by atoms with van der Waals surface area (Å²) < 4.78 is 0. The zero-order chi connectivity index (χ0) is 18.0. The number of hydrogen-bond acceptors (Lipinski definition) is 4. The maximum Gasteiger partial charge on any atom is 0.257 e. The van der Waals surface area contributed by atoms with Crippen LogP contribution in [0.2, 0.25) is 5.02 Å². The summed E-state index contributed by atoms with van der Waals surface area (Å²) in [4.78, 5) is 28.2. The first-order valence-electron chi connectivity index (χ1n) is 7.82. The Hall–Kier alpha value is -2.73. The predicted molar refractivity (Wildman–Crippen MR) is 93.0 cm³/mol. The number of nitrogens with zero attached hydrogens (tertiary/aromatic N) is 2. The Morgan fingerprint density at radius 2 is 1.32 bits per heavy atom. The van der Waals surface area contributed by atoms with Crippen molar-refractivity contribution in [2.45, 2.75) is 0 Å². The summed E-state index contributed by atoms with van der Waals surface area (Å²) in [6.07, 6.45) is 0. The van der Waals surface area contributed by atoms with E-state index in [4.69, 9.17) is 11.6 Å². The normalized spacial score (nSPS) is 14.4. The maximum absolute atomic E-state index is 12.5. The summed E-state index contributed by atoms with van der Waals surface area (Å²) in [7, 11) is 0.